The zero-order chi connectivity index (χ0) is 15.5. The van der Waals surface area contributed by atoms with E-state index >= 15 is 0 Å². The summed E-state index contributed by atoms with van der Waals surface area (Å²) in [4.78, 5) is 12.3. The Bertz CT molecular complexity index is 721. The van der Waals surface area contributed by atoms with Gasteiger partial charge in [-0.15, -0.1) is 0 Å². The molecule has 1 heterocycles. The summed E-state index contributed by atoms with van der Waals surface area (Å²) < 4.78 is 11.9. The normalized spacial score (nSPS) is 12.8. The number of rotatable bonds is 3. The van der Waals surface area contributed by atoms with Gasteiger partial charge in [0.2, 0.25) is 0 Å². The Labute approximate surface area is 141 Å². The molecule has 0 saturated carbocycles. The van der Waals surface area contributed by atoms with Crippen LogP contribution in [0.3, 0.4) is 0 Å². The highest BCUT2D eigenvalue weighted by Crippen LogP contribution is 2.38. The van der Waals surface area contributed by atoms with Gasteiger partial charge in [-0.25, -0.2) is 0 Å². The van der Waals surface area contributed by atoms with Crippen molar-refractivity contribution in [1.29, 1.82) is 0 Å². The standard InChI is InChI=1S/C16H13BrClNO3/c17-12-3-1-2-10(6-12)9-19-16(20)11-7-13(18)15-14(8-11)21-4-5-22-15/h1-3,6-8H,4-5,9H2,(H,19,20). The van der Waals surface area contributed by atoms with Gasteiger partial charge in [-0.1, -0.05) is 39.7 Å². The van der Waals surface area contributed by atoms with Gasteiger partial charge in [0, 0.05) is 16.6 Å². The lowest BCUT2D eigenvalue weighted by Gasteiger charge is -2.20. The van der Waals surface area contributed by atoms with Crippen molar-refractivity contribution in [3.63, 3.8) is 0 Å². The van der Waals surface area contributed by atoms with E-state index < -0.39 is 0 Å². The van der Waals surface area contributed by atoms with E-state index in [9.17, 15) is 4.79 Å². The first kappa shape index (κ1) is 15.2. The fourth-order valence-electron chi connectivity index (χ4n) is 2.17. The maximum atomic E-state index is 12.3. The highest BCUT2D eigenvalue weighted by molar-refractivity contribution is 9.10. The Balaban J connectivity index is 1.73. The molecule has 0 aliphatic carbocycles. The molecule has 0 spiro atoms. The topological polar surface area (TPSA) is 47.6 Å². The van der Waals surface area contributed by atoms with Crippen molar-refractivity contribution in [2.24, 2.45) is 0 Å². The van der Waals surface area contributed by atoms with Crippen molar-refractivity contribution in [3.05, 3.63) is 57.0 Å². The Kier molecular flexibility index (Phi) is 4.55. The average molecular weight is 383 g/mol. The highest BCUT2D eigenvalue weighted by Gasteiger charge is 2.19. The van der Waals surface area contributed by atoms with Crippen molar-refractivity contribution in [2.75, 3.05) is 13.2 Å². The largest absolute Gasteiger partial charge is 0.486 e. The minimum atomic E-state index is -0.209. The smallest absolute Gasteiger partial charge is 0.251 e. The quantitative estimate of drug-likeness (QED) is 0.878. The molecule has 6 heteroatoms. The summed E-state index contributed by atoms with van der Waals surface area (Å²) in [5.74, 6) is 0.793. The number of nitrogens with one attached hydrogen (secondary N) is 1. The third kappa shape index (κ3) is 3.36. The van der Waals surface area contributed by atoms with Gasteiger partial charge >= 0.3 is 0 Å². The molecule has 22 heavy (non-hydrogen) atoms. The van der Waals surface area contributed by atoms with Crippen LogP contribution in [0, 0.1) is 0 Å². The SMILES string of the molecule is O=C(NCc1cccc(Br)c1)c1cc(Cl)c2c(c1)OCCO2. The van der Waals surface area contributed by atoms with Gasteiger partial charge in [-0.2, -0.15) is 0 Å². The molecule has 2 aromatic carbocycles. The second-order valence-electron chi connectivity index (χ2n) is 4.79. The number of benzene rings is 2. The molecule has 4 nitrogen and oxygen atoms in total. The molecule has 0 unspecified atom stereocenters. The molecule has 0 fully saturated rings. The predicted molar refractivity (Wildman–Crippen MR) is 87.8 cm³/mol. The second kappa shape index (κ2) is 6.58. The monoisotopic (exact) mass is 381 g/mol. The summed E-state index contributed by atoms with van der Waals surface area (Å²) in [6, 6.07) is 11.0. The number of hydrogen-bond acceptors (Lipinski definition) is 3. The van der Waals surface area contributed by atoms with Crippen molar-refractivity contribution >= 4 is 33.4 Å². The molecule has 0 radical (unpaired) electrons. The van der Waals surface area contributed by atoms with Crippen LogP contribution in [0.4, 0.5) is 0 Å². The molecule has 0 saturated heterocycles. The maximum absolute atomic E-state index is 12.3. The lowest BCUT2D eigenvalue weighted by atomic mass is 10.1. The zero-order valence-corrected chi connectivity index (χ0v) is 13.9. The Morgan fingerprint density at radius 1 is 1.23 bits per heavy atom. The van der Waals surface area contributed by atoms with Gasteiger partial charge in [-0.3, -0.25) is 4.79 Å². The molecular formula is C16H13BrClNO3. The van der Waals surface area contributed by atoms with E-state index in [1.807, 2.05) is 24.3 Å². The third-order valence-electron chi connectivity index (χ3n) is 3.20. The van der Waals surface area contributed by atoms with Crippen molar-refractivity contribution in [1.82, 2.24) is 5.32 Å². The Hall–Kier alpha value is -1.72. The van der Waals surface area contributed by atoms with Crippen LogP contribution >= 0.6 is 27.5 Å². The number of carbonyl (C=O) groups is 1. The molecule has 0 bridgehead atoms. The van der Waals surface area contributed by atoms with Crippen LogP contribution in [-0.2, 0) is 6.54 Å². The Morgan fingerprint density at radius 3 is 2.86 bits per heavy atom. The first-order valence-electron chi connectivity index (χ1n) is 6.75. The molecule has 1 aliphatic heterocycles. The average Bonchev–Trinajstić information content (AvgIpc) is 2.52. The number of halogens is 2. The van der Waals surface area contributed by atoms with Gasteiger partial charge in [0.15, 0.2) is 11.5 Å². The number of fused-ring (bicyclic) bond motifs is 1. The summed E-state index contributed by atoms with van der Waals surface area (Å²) in [5.41, 5.74) is 1.45. The van der Waals surface area contributed by atoms with Crippen LogP contribution in [0.2, 0.25) is 5.02 Å². The number of amides is 1. The Morgan fingerprint density at radius 2 is 2.05 bits per heavy atom. The lowest BCUT2D eigenvalue weighted by Crippen LogP contribution is -2.23. The van der Waals surface area contributed by atoms with Crippen LogP contribution in [0.15, 0.2) is 40.9 Å². The van der Waals surface area contributed by atoms with Gasteiger partial charge in [0.05, 0.1) is 5.02 Å². The maximum Gasteiger partial charge on any atom is 0.251 e. The molecule has 3 rings (SSSR count). The summed E-state index contributed by atoms with van der Waals surface area (Å²) in [7, 11) is 0. The van der Waals surface area contributed by atoms with Crippen LogP contribution in [0.1, 0.15) is 15.9 Å². The molecule has 0 aromatic heterocycles. The van der Waals surface area contributed by atoms with Crippen LogP contribution in [0.25, 0.3) is 0 Å². The van der Waals surface area contributed by atoms with E-state index in [-0.39, 0.29) is 5.91 Å². The second-order valence-corrected chi connectivity index (χ2v) is 6.12. The van der Waals surface area contributed by atoms with E-state index in [0.29, 0.717) is 41.8 Å². The molecule has 1 N–H and O–H groups in total. The lowest BCUT2D eigenvalue weighted by molar-refractivity contribution is 0.0949. The van der Waals surface area contributed by atoms with E-state index in [1.54, 1.807) is 12.1 Å². The highest BCUT2D eigenvalue weighted by atomic mass is 79.9. The third-order valence-corrected chi connectivity index (χ3v) is 3.98. The van der Waals surface area contributed by atoms with E-state index in [2.05, 4.69) is 21.2 Å². The van der Waals surface area contributed by atoms with Crippen molar-refractivity contribution in [3.8, 4) is 11.5 Å². The summed E-state index contributed by atoms with van der Waals surface area (Å²) in [6.45, 7) is 1.35. The number of ether oxygens (including phenoxy) is 2. The minimum absolute atomic E-state index is 0.209. The van der Waals surface area contributed by atoms with Gasteiger partial charge in [0.25, 0.3) is 5.91 Å². The summed E-state index contributed by atoms with van der Waals surface area (Å²) in [5, 5.41) is 3.24. The van der Waals surface area contributed by atoms with Gasteiger partial charge in [-0.05, 0) is 29.8 Å². The fraction of sp³-hybridized carbons (Fsp3) is 0.188. The molecule has 0 atom stereocenters. The van der Waals surface area contributed by atoms with Crippen molar-refractivity contribution < 1.29 is 14.3 Å². The van der Waals surface area contributed by atoms with Crippen LogP contribution < -0.4 is 14.8 Å². The van der Waals surface area contributed by atoms with Crippen LogP contribution in [-0.4, -0.2) is 19.1 Å². The van der Waals surface area contributed by atoms with E-state index in [0.717, 1.165) is 10.0 Å². The van der Waals surface area contributed by atoms with E-state index in [1.165, 1.54) is 0 Å². The van der Waals surface area contributed by atoms with Crippen molar-refractivity contribution in [2.45, 2.75) is 6.54 Å². The van der Waals surface area contributed by atoms with Gasteiger partial charge < -0.3 is 14.8 Å². The number of carbonyl (C=O) groups excluding carboxylic acids is 1. The molecule has 1 amide bonds. The fourth-order valence-corrected chi connectivity index (χ4v) is 2.89. The molecule has 1 aliphatic rings. The minimum Gasteiger partial charge on any atom is -0.486 e. The number of hydrogen-bond donors (Lipinski definition) is 1. The predicted octanol–water partition coefficient (Wildman–Crippen LogP) is 3.80. The zero-order valence-electron chi connectivity index (χ0n) is 11.6. The molecule has 2 aromatic rings. The van der Waals surface area contributed by atoms with Gasteiger partial charge in [0.1, 0.15) is 13.2 Å². The van der Waals surface area contributed by atoms with Crippen LogP contribution in [0.5, 0.6) is 11.5 Å². The first-order chi connectivity index (χ1) is 10.6. The first-order valence-corrected chi connectivity index (χ1v) is 7.92. The summed E-state index contributed by atoms with van der Waals surface area (Å²) in [6.07, 6.45) is 0. The molecule has 114 valence electrons. The summed E-state index contributed by atoms with van der Waals surface area (Å²) >= 11 is 9.54. The molecular weight excluding hydrogens is 370 g/mol. The van der Waals surface area contributed by atoms with E-state index in [4.69, 9.17) is 21.1 Å².